The lowest BCUT2D eigenvalue weighted by Gasteiger charge is -2.52. The monoisotopic (exact) mass is 387 g/mol. The predicted molar refractivity (Wildman–Crippen MR) is 99.3 cm³/mol. The van der Waals surface area contributed by atoms with Crippen LogP contribution in [-0.4, -0.2) is 53.0 Å². The SMILES string of the molecule is CO[C@H]1C(=O)N(C2CCN(Cc3ccc(F)cc3F)CC2)[C@H]1c1ccncc1. The molecule has 2 aromatic rings. The molecule has 1 aromatic heterocycles. The van der Waals surface area contributed by atoms with Crippen molar-refractivity contribution in [3.8, 4) is 0 Å². The first-order chi connectivity index (χ1) is 13.6. The maximum atomic E-state index is 13.9. The van der Waals surface area contributed by atoms with Gasteiger partial charge in [0.15, 0.2) is 6.10 Å². The Hall–Kier alpha value is -2.38. The fraction of sp³-hybridized carbons (Fsp3) is 0.429. The van der Waals surface area contributed by atoms with Crippen LogP contribution in [0.15, 0.2) is 42.7 Å². The second kappa shape index (κ2) is 7.93. The Balaban J connectivity index is 1.40. The van der Waals surface area contributed by atoms with Crippen molar-refractivity contribution in [2.45, 2.75) is 37.6 Å². The lowest BCUT2D eigenvalue weighted by Crippen LogP contribution is -2.64. The number of carbonyl (C=O) groups is 1. The van der Waals surface area contributed by atoms with Crippen molar-refractivity contribution in [3.05, 3.63) is 65.5 Å². The van der Waals surface area contributed by atoms with Gasteiger partial charge in [0.05, 0.1) is 6.04 Å². The summed E-state index contributed by atoms with van der Waals surface area (Å²) in [4.78, 5) is 20.7. The number of rotatable bonds is 5. The van der Waals surface area contributed by atoms with Gasteiger partial charge in [0.25, 0.3) is 5.91 Å². The van der Waals surface area contributed by atoms with Gasteiger partial charge in [-0.3, -0.25) is 14.7 Å². The molecule has 0 bridgehead atoms. The Bertz CT molecular complexity index is 841. The van der Waals surface area contributed by atoms with Crippen LogP contribution in [-0.2, 0) is 16.1 Å². The number of halogens is 2. The Morgan fingerprint density at radius 3 is 2.50 bits per heavy atom. The van der Waals surface area contributed by atoms with Gasteiger partial charge < -0.3 is 9.64 Å². The van der Waals surface area contributed by atoms with Gasteiger partial charge in [0.2, 0.25) is 0 Å². The van der Waals surface area contributed by atoms with E-state index in [0.717, 1.165) is 37.6 Å². The Morgan fingerprint density at radius 1 is 1.14 bits per heavy atom. The van der Waals surface area contributed by atoms with Gasteiger partial charge in [0, 0.05) is 56.8 Å². The van der Waals surface area contributed by atoms with Crippen molar-refractivity contribution in [2.75, 3.05) is 20.2 Å². The molecular weight excluding hydrogens is 364 g/mol. The quantitative estimate of drug-likeness (QED) is 0.740. The Morgan fingerprint density at radius 2 is 1.86 bits per heavy atom. The normalized spacial score (nSPS) is 23.7. The number of likely N-dealkylation sites (tertiary alicyclic amines) is 2. The first kappa shape index (κ1) is 19.0. The molecule has 1 aromatic carbocycles. The third-order valence-corrected chi connectivity index (χ3v) is 5.75. The van der Waals surface area contributed by atoms with E-state index in [1.807, 2.05) is 17.0 Å². The molecule has 7 heteroatoms. The van der Waals surface area contributed by atoms with E-state index in [1.165, 1.54) is 12.1 Å². The van der Waals surface area contributed by atoms with Gasteiger partial charge in [-0.15, -0.1) is 0 Å². The lowest BCUT2D eigenvalue weighted by molar-refractivity contribution is -0.178. The number of pyridine rings is 1. The Kier molecular flexibility index (Phi) is 5.37. The van der Waals surface area contributed by atoms with E-state index in [9.17, 15) is 13.6 Å². The molecule has 0 aliphatic carbocycles. The fourth-order valence-electron chi connectivity index (χ4n) is 4.26. The van der Waals surface area contributed by atoms with E-state index in [2.05, 4.69) is 9.88 Å². The number of hydrogen-bond acceptors (Lipinski definition) is 4. The number of carbonyl (C=O) groups excluding carboxylic acids is 1. The minimum absolute atomic E-state index is 0.0207. The van der Waals surface area contributed by atoms with Gasteiger partial charge in [0.1, 0.15) is 11.6 Å². The second-order valence-electron chi connectivity index (χ2n) is 7.37. The molecule has 0 saturated carbocycles. The zero-order valence-corrected chi connectivity index (χ0v) is 15.7. The van der Waals surface area contributed by atoms with E-state index in [-0.39, 0.29) is 18.0 Å². The summed E-state index contributed by atoms with van der Waals surface area (Å²) in [5.74, 6) is -1.06. The molecule has 148 valence electrons. The van der Waals surface area contributed by atoms with Crippen LogP contribution in [0.25, 0.3) is 0 Å². The number of amides is 1. The maximum Gasteiger partial charge on any atom is 0.255 e. The molecule has 2 aliphatic heterocycles. The van der Waals surface area contributed by atoms with Crippen molar-refractivity contribution in [2.24, 2.45) is 0 Å². The van der Waals surface area contributed by atoms with Gasteiger partial charge in [-0.25, -0.2) is 8.78 Å². The highest BCUT2D eigenvalue weighted by molar-refractivity contribution is 5.89. The van der Waals surface area contributed by atoms with Crippen LogP contribution < -0.4 is 0 Å². The molecule has 0 spiro atoms. The zero-order chi connectivity index (χ0) is 19.7. The third kappa shape index (κ3) is 3.52. The Labute approximate surface area is 162 Å². The number of methoxy groups -OCH3 is 1. The van der Waals surface area contributed by atoms with E-state index in [1.54, 1.807) is 19.5 Å². The van der Waals surface area contributed by atoms with Crippen LogP contribution in [0.4, 0.5) is 8.78 Å². The predicted octanol–water partition coefficient (Wildman–Crippen LogP) is 2.92. The molecule has 2 fully saturated rings. The average Bonchev–Trinajstić information content (AvgIpc) is 2.70. The summed E-state index contributed by atoms with van der Waals surface area (Å²) < 4.78 is 32.4. The summed E-state index contributed by atoms with van der Waals surface area (Å²) in [7, 11) is 1.56. The molecule has 4 rings (SSSR count). The van der Waals surface area contributed by atoms with E-state index < -0.39 is 17.7 Å². The van der Waals surface area contributed by atoms with Crippen LogP contribution in [0.3, 0.4) is 0 Å². The van der Waals surface area contributed by atoms with Gasteiger partial charge in [-0.2, -0.15) is 0 Å². The van der Waals surface area contributed by atoms with Crippen molar-refractivity contribution < 1.29 is 18.3 Å². The molecule has 5 nitrogen and oxygen atoms in total. The topological polar surface area (TPSA) is 45.7 Å². The summed E-state index contributed by atoms with van der Waals surface area (Å²) in [5.41, 5.74) is 1.52. The first-order valence-electron chi connectivity index (χ1n) is 9.49. The van der Waals surface area contributed by atoms with Gasteiger partial charge in [-0.05, 0) is 36.6 Å². The van der Waals surface area contributed by atoms with Crippen molar-refractivity contribution in [3.63, 3.8) is 0 Å². The van der Waals surface area contributed by atoms with Crippen LogP contribution in [0.1, 0.15) is 30.0 Å². The fourth-order valence-corrected chi connectivity index (χ4v) is 4.26. The third-order valence-electron chi connectivity index (χ3n) is 5.75. The molecule has 0 unspecified atom stereocenters. The molecule has 3 heterocycles. The molecule has 1 amide bonds. The summed E-state index contributed by atoms with van der Waals surface area (Å²) in [5, 5.41) is 0. The van der Waals surface area contributed by atoms with Crippen LogP contribution in [0, 0.1) is 11.6 Å². The number of nitrogens with zero attached hydrogens (tertiary/aromatic N) is 3. The summed E-state index contributed by atoms with van der Waals surface area (Å²) in [6.07, 6.45) is 4.62. The van der Waals surface area contributed by atoms with Gasteiger partial charge >= 0.3 is 0 Å². The van der Waals surface area contributed by atoms with E-state index >= 15 is 0 Å². The minimum atomic E-state index is -0.564. The maximum absolute atomic E-state index is 13.9. The second-order valence-corrected chi connectivity index (χ2v) is 7.37. The van der Waals surface area contributed by atoms with Crippen molar-refractivity contribution in [1.82, 2.24) is 14.8 Å². The zero-order valence-electron chi connectivity index (χ0n) is 15.7. The molecule has 0 radical (unpaired) electrons. The number of aromatic nitrogens is 1. The molecule has 28 heavy (non-hydrogen) atoms. The van der Waals surface area contributed by atoms with E-state index in [4.69, 9.17) is 4.74 Å². The standard InChI is InChI=1S/C21H23F2N3O2/c1-28-20-19(14-4-8-24-9-5-14)26(21(20)27)17-6-10-25(11-7-17)13-15-2-3-16(22)12-18(15)23/h2-5,8-9,12,17,19-20H,6-7,10-11,13H2,1H3/t19-,20+/m0/s1. The summed E-state index contributed by atoms with van der Waals surface area (Å²) in [6, 6.07) is 7.58. The van der Waals surface area contributed by atoms with Crippen LogP contribution in [0.2, 0.25) is 0 Å². The molecule has 2 aliphatic rings. The highest BCUT2D eigenvalue weighted by atomic mass is 19.1. The highest BCUT2D eigenvalue weighted by Crippen LogP contribution is 2.40. The molecular formula is C21H23F2N3O2. The molecule has 0 N–H and O–H groups in total. The number of ether oxygens (including phenoxy) is 1. The largest absolute Gasteiger partial charge is 0.369 e. The summed E-state index contributed by atoms with van der Waals surface area (Å²) >= 11 is 0. The number of β-lactam (4-membered cyclic amide) rings is 1. The average molecular weight is 387 g/mol. The number of benzene rings is 1. The van der Waals surface area contributed by atoms with Crippen LogP contribution >= 0.6 is 0 Å². The van der Waals surface area contributed by atoms with E-state index in [0.29, 0.717) is 12.1 Å². The van der Waals surface area contributed by atoms with Crippen molar-refractivity contribution >= 4 is 5.91 Å². The molecule has 2 atom stereocenters. The smallest absolute Gasteiger partial charge is 0.255 e. The number of hydrogen-bond donors (Lipinski definition) is 0. The minimum Gasteiger partial charge on any atom is -0.369 e. The highest BCUT2D eigenvalue weighted by Gasteiger charge is 2.51. The summed E-state index contributed by atoms with van der Waals surface area (Å²) in [6.45, 7) is 1.96. The first-order valence-corrected chi connectivity index (χ1v) is 9.49. The van der Waals surface area contributed by atoms with Gasteiger partial charge in [-0.1, -0.05) is 6.07 Å². The molecule has 2 saturated heterocycles. The lowest BCUT2D eigenvalue weighted by atomic mass is 9.86. The van der Waals surface area contributed by atoms with Crippen molar-refractivity contribution in [1.29, 1.82) is 0 Å². The number of piperidine rings is 1. The van der Waals surface area contributed by atoms with Crippen LogP contribution in [0.5, 0.6) is 0 Å².